The lowest BCUT2D eigenvalue weighted by atomic mass is 10.3. The lowest BCUT2D eigenvalue weighted by Gasteiger charge is -2.21. The number of nitrogens with zero attached hydrogens (tertiary/aromatic N) is 4. The SMILES string of the molecule is CS(=O)(=O)N(c1nc(Cl)nc(Cl)n1)c1ccc(Cl)cc1Cl. The van der Waals surface area contributed by atoms with E-state index >= 15 is 0 Å². The van der Waals surface area contributed by atoms with Gasteiger partial charge >= 0.3 is 0 Å². The molecule has 0 aliphatic rings. The van der Waals surface area contributed by atoms with Gasteiger partial charge in [-0.3, -0.25) is 0 Å². The van der Waals surface area contributed by atoms with Gasteiger partial charge in [0, 0.05) is 5.02 Å². The fraction of sp³-hybridized carbons (Fsp3) is 0.100. The van der Waals surface area contributed by atoms with Crippen LogP contribution in [0.4, 0.5) is 11.6 Å². The number of sulfonamides is 1. The maximum atomic E-state index is 12.0. The average molecular weight is 388 g/mol. The van der Waals surface area contributed by atoms with Crippen molar-refractivity contribution in [3.05, 3.63) is 38.8 Å². The molecule has 6 nitrogen and oxygen atoms in total. The van der Waals surface area contributed by atoms with Gasteiger partial charge in [0.2, 0.25) is 26.5 Å². The Hall–Kier alpha value is -0.860. The zero-order valence-corrected chi connectivity index (χ0v) is 14.1. The highest BCUT2D eigenvalue weighted by molar-refractivity contribution is 7.92. The number of aromatic nitrogens is 3. The molecule has 0 unspecified atom stereocenters. The molecule has 1 heterocycles. The highest BCUT2D eigenvalue weighted by Gasteiger charge is 2.26. The molecule has 0 aliphatic heterocycles. The molecule has 2 aromatic rings. The molecular formula is C10H6Cl4N4O2S. The van der Waals surface area contributed by atoms with Crippen LogP contribution in [0.1, 0.15) is 0 Å². The molecule has 0 atom stereocenters. The maximum Gasteiger partial charge on any atom is 0.249 e. The predicted molar refractivity (Wildman–Crippen MR) is 83.3 cm³/mol. The minimum absolute atomic E-state index is 0.0978. The molecule has 0 N–H and O–H groups in total. The van der Waals surface area contributed by atoms with Gasteiger partial charge in [0.15, 0.2) is 0 Å². The first-order chi connectivity index (χ1) is 9.68. The minimum atomic E-state index is -3.80. The average Bonchev–Trinajstić information content (AvgIpc) is 2.29. The second-order valence-corrected chi connectivity index (χ2v) is 7.15. The van der Waals surface area contributed by atoms with Gasteiger partial charge in [0.1, 0.15) is 0 Å². The highest BCUT2D eigenvalue weighted by atomic mass is 35.5. The number of rotatable bonds is 3. The summed E-state index contributed by atoms with van der Waals surface area (Å²) in [5, 5.41) is -0.0445. The summed E-state index contributed by atoms with van der Waals surface area (Å²) >= 11 is 23.2. The van der Waals surface area contributed by atoms with Gasteiger partial charge in [-0.05, 0) is 41.4 Å². The van der Waals surface area contributed by atoms with E-state index < -0.39 is 10.0 Å². The Balaban J connectivity index is 2.70. The van der Waals surface area contributed by atoms with Crippen LogP contribution < -0.4 is 4.31 Å². The van der Waals surface area contributed by atoms with Crippen LogP contribution in [0.5, 0.6) is 0 Å². The first kappa shape index (κ1) is 16.5. The van der Waals surface area contributed by atoms with Crippen LogP contribution in [-0.2, 0) is 10.0 Å². The Labute approximate surface area is 140 Å². The normalized spacial score (nSPS) is 11.5. The van der Waals surface area contributed by atoms with Crippen LogP contribution in [0.25, 0.3) is 0 Å². The zero-order valence-electron chi connectivity index (χ0n) is 10.3. The Morgan fingerprint density at radius 1 is 1.00 bits per heavy atom. The highest BCUT2D eigenvalue weighted by Crippen LogP contribution is 2.34. The molecule has 0 spiro atoms. The van der Waals surface area contributed by atoms with E-state index in [9.17, 15) is 8.42 Å². The second-order valence-electron chi connectivity index (χ2n) is 3.80. The van der Waals surface area contributed by atoms with E-state index in [1.165, 1.54) is 18.2 Å². The summed E-state index contributed by atoms with van der Waals surface area (Å²) in [4.78, 5) is 11.1. The van der Waals surface area contributed by atoms with Crippen molar-refractivity contribution >= 4 is 68.1 Å². The van der Waals surface area contributed by atoms with Crippen molar-refractivity contribution in [1.82, 2.24) is 15.0 Å². The maximum absolute atomic E-state index is 12.0. The van der Waals surface area contributed by atoms with Crippen LogP contribution in [-0.4, -0.2) is 29.6 Å². The standard InChI is InChI=1S/C10H6Cl4N4O2S/c1-21(19,20)18(7-3-2-5(11)4-6(7)12)10-16-8(13)15-9(14)17-10/h2-4H,1H3. The molecule has 11 heteroatoms. The van der Waals surface area contributed by atoms with Crippen LogP contribution >= 0.6 is 46.4 Å². The van der Waals surface area contributed by atoms with Crippen LogP contribution in [0.2, 0.25) is 20.6 Å². The molecule has 0 fully saturated rings. The van der Waals surface area contributed by atoms with Crippen LogP contribution in [0.3, 0.4) is 0 Å². The van der Waals surface area contributed by atoms with Gasteiger partial charge in [0.25, 0.3) is 0 Å². The second kappa shape index (κ2) is 6.10. The molecule has 2 rings (SSSR count). The number of halogens is 4. The Morgan fingerprint density at radius 3 is 2.05 bits per heavy atom. The van der Waals surface area contributed by atoms with E-state index in [4.69, 9.17) is 46.4 Å². The summed E-state index contributed by atoms with van der Waals surface area (Å²) in [5.74, 6) is -0.272. The summed E-state index contributed by atoms with van der Waals surface area (Å²) in [7, 11) is -3.80. The van der Waals surface area contributed by atoms with Crippen LogP contribution in [0.15, 0.2) is 18.2 Å². The van der Waals surface area contributed by atoms with Crippen molar-refractivity contribution in [3.63, 3.8) is 0 Å². The van der Waals surface area contributed by atoms with Crippen molar-refractivity contribution in [3.8, 4) is 0 Å². The summed E-state index contributed by atoms with van der Waals surface area (Å²) < 4.78 is 24.9. The summed E-state index contributed by atoms with van der Waals surface area (Å²) in [5.41, 5.74) is 0.113. The first-order valence-electron chi connectivity index (χ1n) is 5.21. The van der Waals surface area contributed by atoms with E-state index in [2.05, 4.69) is 15.0 Å². The number of anilines is 2. The lowest BCUT2D eigenvalue weighted by molar-refractivity contribution is 0.601. The molecule has 21 heavy (non-hydrogen) atoms. The molecule has 0 saturated carbocycles. The van der Waals surface area contributed by atoms with Gasteiger partial charge in [-0.1, -0.05) is 23.2 Å². The molecular weight excluding hydrogens is 382 g/mol. The Bertz CT molecular complexity index is 779. The van der Waals surface area contributed by atoms with E-state index in [1.54, 1.807) is 0 Å². The van der Waals surface area contributed by atoms with E-state index in [0.717, 1.165) is 10.6 Å². The quantitative estimate of drug-likeness (QED) is 0.804. The topological polar surface area (TPSA) is 76.1 Å². The van der Waals surface area contributed by atoms with E-state index in [1.807, 2.05) is 0 Å². The van der Waals surface area contributed by atoms with E-state index in [-0.39, 0.29) is 27.2 Å². The van der Waals surface area contributed by atoms with Crippen molar-refractivity contribution in [2.24, 2.45) is 0 Å². The summed E-state index contributed by atoms with van der Waals surface area (Å²) in [6, 6.07) is 4.28. The van der Waals surface area contributed by atoms with Crippen molar-refractivity contribution in [2.45, 2.75) is 0 Å². The lowest BCUT2D eigenvalue weighted by Crippen LogP contribution is -2.27. The fourth-order valence-electron chi connectivity index (χ4n) is 1.49. The molecule has 0 aliphatic carbocycles. The third-order valence-corrected chi connectivity index (χ3v) is 4.11. The number of benzene rings is 1. The van der Waals surface area contributed by atoms with E-state index in [0.29, 0.717) is 5.02 Å². The van der Waals surface area contributed by atoms with Gasteiger partial charge in [-0.25, -0.2) is 12.7 Å². The summed E-state index contributed by atoms with van der Waals surface area (Å²) in [6.07, 6.45) is 0.962. The predicted octanol–water partition coefficient (Wildman–Crippen LogP) is 3.58. The number of hydrogen-bond donors (Lipinski definition) is 0. The van der Waals surface area contributed by atoms with Crippen molar-refractivity contribution in [2.75, 3.05) is 10.6 Å². The van der Waals surface area contributed by atoms with Crippen molar-refractivity contribution in [1.29, 1.82) is 0 Å². The van der Waals surface area contributed by atoms with Crippen molar-refractivity contribution < 1.29 is 8.42 Å². The third kappa shape index (κ3) is 3.87. The molecule has 112 valence electrons. The molecule has 0 saturated heterocycles. The Kier molecular flexibility index (Phi) is 4.79. The largest absolute Gasteiger partial charge is 0.249 e. The third-order valence-electron chi connectivity index (χ3n) is 2.21. The van der Waals surface area contributed by atoms with Crippen LogP contribution in [0, 0.1) is 0 Å². The molecule has 0 amide bonds. The molecule has 0 radical (unpaired) electrons. The monoisotopic (exact) mass is 386 g/mol. The minimum Gasteiger partial charge on any atom is -0.206 e. The van der Waals surface area contributed by atoms with Gasteiger partial charge in [-0.15, -0.1) is 0 Å². The van der Waals surface area contributed by atoms with Gasteiger partial charge in [0.05, 0.1) is 17.0 Å². The fourth-order valence-corrected chi connectivity index (χ4v) is 3.28. The summed E-state index contributed by atoms with van der Waals surface area (Å²) in [6.45, 7) is 0. The molecule has 0 bridgehead atoms. The van der Waals surface area contributed by atoms with Gasteiger partial charge < -0.3 is 0 Å². The smallest absolute Gasteiger partial charge is 0.206 e. The molecule has 1 aromatic carbocycles. The zero-order chi connectivity index (χ0) is 15.8. The molecule has 1 aromatic heterocycles. The first-order valence-corrected chi connectivity index (χ1v) is 8.57. The number of hydrogen-bond acceptors (Lipinski definition) is 5. The van der Waals surface area contributed by atoms with Gasteiger partial charge in [-0.2, -0.15) is 15.0 Å². The Morgan fingerprint density at radius 2 is 1.57 bits per heavy atom.